The number of aliphatic hydroxyl groups is 2. The van der Waals surface area contributed by atoms with Gasteiger partial charge in [-0.05, 0) is 6.42 Å². The SMILES string of the molecule is OCC1CC(O)CN1CCF. The molecule has 66 valence electrons. The molecule has 1 aliphatic heterocycles. The van der Waals surface area contributed by atoms with Crippen LogP contribution in [0.4, 0.5) is 4.39 Å². The van der Waals surface area contributed by atoms with E-state index in [1.165, 1.54) is 0 Å². The van der Waals surface area contributed by atoms with Crippen molar-refractivity contribution in [1.82, 2.24) is 4.90 Å². The second-order valence-electron chi connectivity index (χ2n) is 2.91. The predicted octanol–water partition coefficient (Wildman–Crippen LogP) is -0.617. The van der Waals surface area contributed by atoms with Gasteiger partial charge >= 0.3 is 0 Å². The van der Waals surface area contributed by atoms with Gasteiger partial charge in [0.2, 0.25) is 0 Å². The summed E-state index contributed by atoms with van der Waals surface area (Å²) in [5.41, 5.74) is 0. The largest absolute Gasteiger partial charge is 0.395 e. The molecule has 1 aliphatic rings. The smallest absolute Gasteiger partial charge is 0.102 e. The van der Waals surface area contributed by atoms with Crippen molar-refractivity contribution in [2.24, 2.45) is 0 Å². The first kappa shape index (κ1) is 8.90. The van der Waals surface area contributed by atoms with Crippen LogP contribution in [0.2, 0.25) is 0 Å². The predicted molar refractivity (Wildman–Crippen MR) is 39.0 cm³/mol. The Balaban J connectivity index is 2.37. The van der Waals surface area contributed by atoms with Gasteiger partial charge in [-0.1, -0.05) is 0 Å². The van der Waals surface area contributed by atoms with Crippen LogP contribution in [-0.2, 0) is 0 Å². The molecule has 2 unspecified atom stereocenters. The fraction of sp³-hybridized carbons (Fsp3) is 1.00. The molecule has 0 aromatic carbocycles. The highest BCUT2D eigenvalue weighted by molar-refractivity contribution is 4.84. The van der Waals surface area contributed by atoms with Crippen LogP contribution in [-0.4, -0.2) is 53.6 Å². The van der Waals surface area contributed by atoms with E-state index in [1.807, 2.05) is 0 Å². The van der Waals surface area contributed by atoms with Crippen molar-refractivity contribution in [2.75, 3.05) is 26.4 Å². The van der Waals surface area contributed by atoms with Crippen LogP contribution in [0.3, 0.4) is 0 Å². The molecular weight excluding hydrogens is 149 g/mol. The topological polar surface area (TPSA) is 43.7 Å². The van der Waals surface area contributed by atoms with Crippen LogP contribution in [0.5, 0.6) is 0 Å². The zero-order valence-corrected chi connectivity index (χ0v) is 6.41. The molecule has 0 radical (unpaired) electrons. The number of aliphatic hydroxyl groups excluding tert-OH is 2. The second-order valence-corrected chi connectivity index (χ2v) is 2.91. The maximum Gasteiger partial charge on any atom is 0.102 e. The van der Waals surface area contributed by atoms with Crippen LogP contribution in [0.25, 0.3) is 0 Å². The van der Waals surface area contributed by atoms with E-state index in [2.05, 4.69) is 0 Å². The van der Waals surface area contributed by atoms with Crippen molar-refractivity contribution < 1.29 is 14.6 Å². The van der Waals surface area contributed by atoms with Gasteiger partial charge < -0.3 is 10.2 Å². The third kappa shape index (κ3) is 2.12. The highest BCUT2D eigenvalue weighted by Gasteiger charge is 2.29. The van der Waals surface area contributed by atoms with Gasteiger partial charge in [-0.2, -0.15) is 0 Å². The summed E-state index contributed by atoms with van der Waals surface area (Å²) in [4.78, 5) is 1.78. The Kier molecular flexibility index (Phi) is 3.23. The third-order valence-corrected chi connectivity index (χ3v) is 2.09. The first-order chi connectivity index (χ1) is 5.27. The summed E-state index contributed by atoms with van der Waals surface area (Å²) in [6.07, 6.45) is 0.176. The van der Waals surface area contributed by atoms with Gasteiger partial charge in [-0.15, -0.1) is 0 Å². The first-order valence-electron chi connectivity index (χ1n) is 3.87. The van der Waals surface area contributed by atoms with E-state index < -0.39 is 12.8 Å². The molecule has 1 rings (SSSR count). The molecule has 3 nitrogen and oxygen atoms in total. The zero-order chi connectivity index (χ0) is 8.27. The van der Waals surface area contributed by atoms with Crippen LogP contribution in [0, 0.1) is 0 Å². The van der Waals surface area contributed by atoms with Crippen molar-refractivity contribution in [3.63, 3.8) is 0 Å². The van der Waals surface area contributed by atoms with E-state index in [-0.39, 0.29) is 12.6 Å². The average Bonchev–Trinajstić information content (AvgIpc) is 2.32. The minimum atomic E-state index is -0.413. The Labute approximate surface area is 65.4 Å². The van der Waals surface area contributed by atoms with Gasteiger partial charge in [0.1, 0.15) is 6.67 Å². The molecule has 0 spiro atoms. The number of halogens is 1. The zero-order valence-electron chi connectivity index (χ0n) is 6.41. The summed E-state index contributed by atoms with van der Waals surface area (Å²) in [6, 6.07) is -0.0410. The summed E-state index contributed by atoms with van der Waals surface area (Å²) in [5.74, 6) is 0. The highest BCUT2D eigenvalue weighted by atomic mass is 19.1. The molecule has 0 aromatic rings. The van der Waals surface area contributed by atoms with E-state index in [1.54, 1.807) is 4.90 Å². The van der Waals surface area contributed by atoms with Gasteiger partial charge in [0.15, 0.2) is 0 Å². The van der Waals surface area contributed by atoms with Crippen molar-refractivity contribution >= 4 is 0 Å². The lowest BCUT2D eigenvalue weighted by Crippen LogP contribution is -2.34. The first-order valence-corrected chi connectivity index (χ1v) is 3.87. The number of rotatable bonds is 3. The van der Waals surface area contributed by atoms with Crippen molar-refractivity contribution in [2.45, 2.75) is 18.6 Å². The Morgan fingerprint density at radius 2 is 2.27 bits per heavy atom. The Morgan fingerprint density at radius 3 is 2.82 bits per heavy atom. The van der Waals surface area contributed by atoms with Crippen LogP contribution >= 0.6 is 0 Å². The molecule has 0 saturated carbocycles. The van der Waals surface area contributed by atoms with E-state index in [9.17, 15) is 4.39 Å². The molecule has 1 saturated heterocycles. The molecule has 0 aliphatic carbocycles. The van der Waals surface area contributed by atoms with Gasteiger partial charge in [0.25, 0.3) is 0 Å². The summed E-state index contributed by atoms with van der Waals surface area (Å²) in [7, 11) is 0. The quantitative estimate of drug-likeness (QED) is 0.583. The number of likely N-dealkylation sites (tertiary alicyclic amines) is 1. The van der Waals surface area contributed by atoms with E-state index in [4.69, 9.17) is 10.2 Å². The maximum atomic E-state index is 11.9. The average molecular weight is 163 g/mol. The van der Waals surface area contributed by atoms with E-state index in [0.29, 0.717) is 19.5 Å². The Hall–Kier alpha value is -0.190. The standard InChI is InChI=1S/C7H14FNO2/c8-1-2-9-4-7(11)3-6(9)5-10/h6-7,10-11H,1-5H2. The van der Waals surface area contributed by atoms with E-state index in [0.717, 1.165) is 0 Å². The molecule has 0 bridgehead atoms. The third-order valence-electron chi connectivity index (χ3n) is 2.09. The number of hydrogen-bond donors (Lipinski definition) is 2. The van der Waals surface area contributed by atoms with Crippen LogP contribution in [0.15, 0.2) is 0 Å². The lowest BCUT2D eigenvalue weighted by Gasteiger charge is -2.19. The van der Waals surface area contributed by atoms with E-state index >= 15 is 0 Å². The summed E-state index contributed by atoms with van der Waals surface area (Å²) in [6.45, 7) is 0.414. The number of hydrogen-bond acceptors (Lipinski definition) is 3. The minimum Gasteiger partial charge on any atom is -0.395 e. The monoisotopic (exact) mass is 163 g/mol. The summed E-state index contributed by atoms with van der Waals surface area (Å²) < 4.78 is 11.9. The van der Waals surface area contributed by atoms with Crippen LogP contribution < -0.4 is 0 Å². The van der Waals surface area contributed by atoms with Gasteiger partial charge in [0, 0.05) is 19.1 Å². The Morgan fingerprint density at radius 1 is 1.55 bits per heavy atom. The van der Waals surface area contributed by atoms with Crippen LogP contribution in [0.1, 0.15) is 6.42 Å². The Bertz CT molecular complexity index is 123. The lowest BCUT2D eigenvalue weighted by molar-refractivity contribution is 0.148. The summed E-state index contributed by atoms with van der Waals surface area (Å²) in [5, 5.41) is 18.0. The maximum absolute atomic E-state index is 11.9. The number of alkyl halides is 1. The molecule has 2 N–H and O–H groups in total. The van der Waals surface area contributed by atoms with Gasteiger partial charge in [-0.25, -0.2) is 4.39 Å². The van der Waals surface area contributed by atoms with Crippen molar-refractivity contribution in [3.8, 4) is 0 Å². The molecule has 1 heterocycles. The summed E-state index contributed by atoms with van der Waals surface area (Å²) >= 11 is 0. The normalized spacial score (nSPS) is 33.0. The molecule has 4 heteroatoms. The fourth-order valence-corrected chi connectivity index (χ4v) is 1.53. The van der Waals surface area contributed by atoms with Crippen molar-refractivity contribution in [3.05, 3.63) is 0 Å². The fourth-order valence-electron chi connectivity index (χ4n) is 1.53. The molecule has 0 amide bonds. The number of nitrogens with zero attached hydrogens (tertiary/aromatic N) is 1. The molecule has 11 heavy (non-hydrogen) atoms. The van der Waals surface area contributed by atoms with Gasteiger partial charge in [-0.3, -0.25) is 4.90 Å². The van der Waals surface area contributed by atoms with Crippen molar-refractivity contribution in [1.29, 1.82) is 0 Å². The molecule has 0 aromatic heterocycles. The second kappa shape index (κ2) is 3.99. The minimum absolute atomic E-state index is 0.0110. The molecule has 2 atom stereocenters. The molecular formula is C7H14FNO2. The highest BCUT2D eigenvalue weighted by Crippen LogP contribution is 2.16. The number of β-amino-alcohol motifs (C(OH)–C–C–N with tert-alkyl or cyclic N) is 1. The van der Waals surface area contributed by atoms with Gasteiger partial charge in [0.05, 0.1) is 12.7 Å². The lowest BCUT2D eigenvalue weighted by atomic mass is 10.2. The molecule has 1 fully saturated rings.